The quantitative estimate of drug-likeness (QED) is 0.0527. The maximum atomic E-state index is 13.0. The minimum Gasteiger partial charge on any atom is -0.448 e. The fourth-order valence-corrected chi connectivity index (χ4v) is 15.8. The van der Waals surface area contributed by atoms with Crippen LogP contribution in [0.15, 0.2) is 227 Å². The number of aromatic nitrogens is 17. The van der Waals surface area contributed by atoms with Gasteiger partial charge in [0.05, 0.1) is 51.4 Å². The molecule has 0 saturated carbocycles. The molecule has 1 aliphatic rings. The first-order valence-corrected chi connectivity index (χ1v) is 41.3. The molecule has 620 valence electrons. The molecule has 1 atom stereocenters. The lowest BCUT2D eigenvalue weighted by atomic mass is 9.96. The molecule has 30 nitrogen and oxygen atoms in total. The molecule has 0 radical (unpaired) electrons. The third-order valence-electron chi connectivity index (χ3n) is 20.3. The minimum absolute atomic E-state index is 0.0201. The van der Waals surface area contributed by atoms with E-state index in [1.807, 2.05) is 222 Å². The molecule has 18 rings (SSSR count). The summed E-state index contributed by atoms with van der Waals surface area (Å²) in [5.41, 5.74) is 16.6. The molecular formula is C93H79BrN24O6S. The average Bonchev–Trinajstić information content (AvgIpc) is 1.72. The normalized spacial score (nSPS) is 12.2. The molecule has 0 fully saturated rings. The second-order valence-electron chi connectivity index (χ2n) is 30.4. The van der Waals surface area contributed by atoms with Crippen LogP contribution in [0.5, 0.6) is 0 Å². The van der Waals surface area contributed by atoms with Crippen molar-refractivity contribution in [3.05, 3.63) is 318 Å². The highest BCUT2D eigenvalue weighted by atomic mass is 79.9. The molecule has 0 bridgehead atoms. The van der Waals surface area contributed by atoms with Crippen LogP contribution in [0, 0.1) is 68.5 Å². The van der Waals surface area contributed by atoms with Crippen LogP contribution in [-0.2, 0) is 0 Å². The summed E-state index contributed by atoms with van der Waals surface area (Å²) >= 11 is 4.87. The summed E-state index contributed by atoms with van der Waals surface area (Å²) in [6.07, 6.45) is 11.0. The van der Waals surface area contributed by atoms with Gasteiger partial charge in [-0.3, -0.25) is 59.6 Å². The van der Waals surface area contributed by atoms with Gasteiger partial charge in [0.25, 0.3) is 27.8 Å². The topological polar surface area (TPSA) is 436 Å². The van der Waals surface area contributed by atoms with E-state index < -0.39 is 0 Å². The molecule has 12 aromatic heterocycles. The molecule has 17 aromatic rings. The molecule has 0 amide bonds. The number of benzene rings is 5. The Labute approximate surface area is 726 Å². The van der Waals surface area contributed by atoms with Gasteiger partial charge in [0, 0.05) is 104 Å². The molecule has 7 N–H and O–H groups in total. The molecule has 0 aliphatic carbocycles. The standard InChI is InChI=1S/C24H18N4O.C22H19N5O.C19H16N6O.C14H11BrN4O2.C14H15N5OS/c1-16(2)21-22(27-23-20(14-25)15-26-28(23)24(21)29)19-10-6-9-18(13-19)12-11-17-7-4-3-5-8-17;1-14(2)19-20(26-21-16(12-23)13-24-27(21)22(19)28)15-7-6-10-18(11-15)25-17-8-4-3-5-9-17;1-11(2)16-17(24-18-14(7-20)10-23-25(18)19(16)26)13-5-3-4-12(6-13)15-8-21-22-9-15;1-7(2)11-12(9-3-4-10(15)21-9)18-13-8(5-16)6-17-19(13)14(11)20;1-7(2)11-12(10-6-16-8(3)21-10)18-13-9(4-15)5-17-19(13)14(11)20/h3-10,13,15-16,26H,1-2H3;3-11,13-14,24-25H,1-2H3;3-6,8-11,23H,1-2H3,(H,21,22);3-4,6-7,17H,1-2H3;5,7,10,17H,6H2,1-3H3. The predicted octanol–water partition coefficient (Wildman–Crippen LogP) is 16.9. The summed E-state index contributed by atoms with van der Waals surface area (Å²) in [6.45, 7) is 22.2. The van der Waals surface area contributed by atoms with E-state index >= 15 is 0 Å². The van der Waals surface area contributed by atoms with E-state index in [-0.39, 0.29) is 62.6 Å². The Kier molecular flexibility index (Phi) is 25.2. The number of hydrogen-bond acceptors (Lipinski definition) is 20. The summed E-state index contributed by atoms with van der Waals surface area (Å²) in [5.74, 6) is 6.77. The first-order chi connectivity index (χ1) is 60.3. The number of thioether (sulfide) groups is 1. The van der Waals surface area contributed by atoms with Gasteiger partial charge in [0.1, 0.15) is 63.9 Å². The van der Waals surface area contributed by atoms with Gasteiger partial charge in [-0.2, -0.15) is 31.4 Å². The molecular weight excluding hydrogens is 1660 g/mol. The molecule has 125 heavy (non-hydrogen) atoms. The Morgan fingerprint density at radius 3 is 1.21 bits per heavy atom. The number of nitriles is 5. The van der Waals surface area contributed by atoms with Gasteiger partial charge in [0.15, 0.2) is 38.7 Å². The van der Waals surface area contributed by atoms with Crippen LogP contribution in [0.4, 0.5) is 11.4 Å². The number of nitrogens with zero attached hydrogens (tertiary/aromatic N) is 17. The molecule has 0 spiro atoms. The minimum atomic E-state index is -0.223. The van der Waals surface area contributed by atoms with Crippen molar-refractivity contribution in [2.45, 2.75) is 111 Å². The molecule has 32 heteroatoms. The maximum absolute atomic E-state index is 13.0. The van der Waals surface area contributed by atoms with Crippen molar-refractivity contribution < 1.29 is 4.42 Å². The van der Waals surface area contributed by atoms with Crippen LogP contribution in [-0.4, -0.2) is 94.8 Å². The number of furan rings is 1. The summed E-state index contributed by atoms with van der Waals surface area (Å²) in [6, 6.07) is 56.7. The largest absolute Gasteiger partial charge is 0.448 e. The Morgan fingerprint density at radius 1 is 0.416 bits per heavy atom. The lowest BCUT2D eigenvalue weighted by Gasteiger charge is -2.15. The first-order valence-electron chi connectivity index (χ1n) is 39.7. The number of anilines is 2. The second kappa shape index (κ2) is 36.9. The lowest BCUT2D eigenvalue weighted by Crippen LogP contribution is -2.25. The monoisotopic (exact) mass is 1740 g/mol. The van der Waals surface area contributed by atoms with E-state index in [2.05, 4.69) is 123 Å². The van der Waals surface area contributed by atoms with Crippen molar-refractivity contribution >= 4 is 72.3 Å². The van der Waals surface area contributed by atoms with Crippen LogP contribution in [0.3, 0.4) is 0 Å². The lowest BCUT2D eigenvalue weighted by molar-refractivity contribution is 0.552. The Balaban J connectivity index is 0.000000128. The Bertz CT molecular complexity index is 7650. The van der Waals surface area contributed by atoms with Gasteiger partial charge >= 0.3 is 0 Å². The van der Waals surface area contributed by atoms with Crippen LogP contribution in [0.1, 0.15) is 183 Å². The number of para-hydroxylation sites is 1. The number of halogens is 1. The van der Waals surface area contributed by atoms with Crippen LogP contribution >= 0.6 is 27.7 Å². The summed E-state index contributed by atoms with van der Waals surface area (Å²) in [5, 5.41) is 71.5. The second-order valence-corrected chi connectivity index (χ2v) is 32.6. The number of nitrogens with one attached hydrogen (secondary N) is 7. The fraction of sp³-hybridized carbons (Fsp3) is 0.194. The van der Waals surface area contributed by atoms with Gasteiger partial charge in [0.2, 0.25) is 0 Å². The predicted molar refractivity (Wildman–Crippen MR) is 483 cm³/mol. The van der Waals surface area contributed by atoms with Gasteiger partial charge in [-0.25, -0.2) is 47.5 Å². The van der Waals surface area contributed by atoms with E-state index in [4.69, 9.17) is 14.9 Å². The van der Waals surface area contributed by atoms with E-state index in [1.54, 1.807) is 30.1 Å². The van der Waals surface area contributed by atoms with Crippen molar-refractivity contribution in [2.24, 2.45) is 4.99 Å². The van der Waals surface area contributed by atoms with Crippen molar-refractivity contribution in [3.63, 3.8) is 0 Å². The van der Waals surface area contributed by atoms with E-state index in [0.717, 1.165) is 61.1 Å². The number of rotatable bonds is 13. The zero-order valence-electron chi connectivity index (χ0n) is 69.4. The highest BCUT2D eigenvalue weighted by molar-refractivity contribution is 9.10. The summed E-state index contributed by atoms with van der Waals surface area (Å²) < 4.78 is 12.7. The van der Waals surface area contributed by atoms with Crippen LogP contribution in [0.25, 0.3) is 84.6 Å². The Hall–Kier alpha value is -16.0. The molecule has 1 aliphatic heterocycles. The Morgan fingerprint density at radius 2 is 0.792 bits per heavy atom. The number of hydrogen-bond donors (Lipinski definition) is 7. The maximum Gasteiger partial charge on any atom is 0.276 e. The third-order valence-corrected chi connectivity index (χ3v) is 21.9. The zero-order valence-corrected chi connectivity index (χ0v) is 71.8. The SMILES string of the molecule is CC(C)c1c(-c2ccc(Br)o2)nc2c(C#N)c[nH]n2c1=O.CC(C)c1c(-c2cccc(-c3cn[nH]c3)c2)nc2c(C#N)c[nH]n2c1=O.CC(C)c1c(-c2cccc(C#Cc3ccccc3)c2)nc2c(C#N)c[nH]n2c1=O.CC(C)c1c(-c2cccc(Nc3ccccc3)c2)nc2c(C#N)c[nH]n2c1=O.CC1=NCC(c2nc3c(C#N)c[nH]n3c(=O)c2C(C)C)S1. The number of aliphatic imine (C=N–C) groups is 1. The number of aromatic amines is 6. The van der Waals surface area contributed by atoms with Gasteiger partial charge in [-0.05, 0) is 125 Å². The van der Waals surface area contributed by atoms with E-state index in [1.165, 1.54) is 53.6 Å². The zero-order chi connectivity index (χ0) is 88.6. The molecule has 0 saturated heterocycles. The first kappa shape index (κ1) is 85.4. The van der Waals surface area contributed by atoms with E-state index in [0.29, 0.717) is 124 Å². The van der Waals surface area contributed by atoms with Crippen LogP contribution < -0.4 is 33.1 Å². The van der Waals surface area contributed by atoms with Gasteiger partial charge in [-0.15, -0.1) is 0 Å². The average molecular weight is 1740 g/mol. The van der Waals surface area contributed by atoms with Gasteiger partial charge in [-0.1, -0.05) is 172 Å². The number of H-pyrrole nitrogens is 6. The number of fused-ring (bicyclic) bond motifs is 5. The smallest absolute Gasteiger partial charge is 0.276 e. The van der Waals surface area contributed by atoms with Crippen molar-refractivity contribution in [1.82, 2.24) is 83.2 Å². The molecule has 13 heterocycles. The fourth-order valence-electron chi connectivity index (χ4n) is 14.5. The van der Waals surface area contributed by atoms with Gasteiger partial charge < -0.3 is 9.73 Å². The highest BCUT2D eigenvalue weighted by Crippen LogP contribution is 2.39. The van der Waals surface area contributed by atoms with Crippen molar-refractivity contribution in [3.8, 4) is 98.5 Å². The highest BCUT2D eigenvalue weighted by Gasteiger charge is 2.30. The third kappa shape index (κ3) is 17.5. The molecule has 1 unspecified atom stereocenters. The summed E-state index contributed by atoms with van der Waals surface area (Å²) in [4.78, 5) is 91.9. The molecule has 5 aromatic carbocycles. The van der Waals surface area contributed by atoms with Crippen molar-refractivity contribution in [1.29, 1.82) is 26.3 Å². The van der Waals surface area contributed by atoms with Crippen LogP contribution in [0.2, 0.25) is 0 Å². The van der Waals surface area contributed by atoms with Crippen molar-refractivity contribution in [2.75, 3.05) is 11.9 Å². The summed E-state index contributed by atoms with van der Waals surface area (Å²) in [7, 11) is 0. The van der Waals surface area contributed by atoms with E-state index in [9.17, 15) is 39.8 Å².